The Morgan fingerprint density at radius 1 is 0.477 bits per heavy atom. The Kier molecular flexibility index (Phi) is 16.0. The third-order valence-corrected chi connectivity index (χ3v) is 15.9. The maximum Gasteiger partial charge on any atom is 0.320 e. The fourth-order valence-corrected chi connectivity index (χ4v) is 14.8. The molecule has 6 aliphatic rings. The number of amides is 2. The number of nitrogens with one attached hydrogen (secondary N) is 7. The lowest BCUT2D eigenvalue weighted by Gasteiger charge is -2.55. The van der Waals surface area contributed by atoms with Crippen molar-refractivity contribution in [3.63, 3.8) is 0 Å². The summed E-state index contributed by atoms with van der Waals surface area (Å²) < 4.78 is 0. The normalized spacial score (nSPS) is 31.6. The number of piperidine rings is 4. The van der Waals surface area contributed by atoms with Crippen LogP contribution in [-0.2, 0) is 0 Å². The summed E-state index contributed by atoms with van der Waals surface area (Å²) in [5.74, 6) is 0. The number of carbonyl (C=O) groups excluding carboxylic acids is 1. The van der Waals surface area contributed by atoms with Crippen molar-refractivity contribution in [3.8, 4) is 0 Å². The van der Waals surface area contributed by atoms with Gasteiger partial charge in [0.05, 0.1) is 6.17 Å². The Balaban J connectivity index is 1.16. The van der Waals surface area contributed by atoms with Crippen molar-refractivity contribution < 1.29 is 4.79 Å². The molecule has 0 bridgehead atoms. The van der Waals surface area contributed by atoms with Gasteiger partial charge in [0.1, 0.15) is 12.6 Å². The van der Waals surface area contributed by atoms with Gasteiger partial charge < -0.3 is 36.0 Å². The van der Waals surface area contributed by atoms with E-state index in [0.29, 0.717) is 18.1 Å². The van der Waals surface area contributed by atoms with Gasteiger partial charge in [-0.3, -0.25) is 25.8 Å². The highest BCUT2D eigenvalue weighted by Gasteiger charge is 2.48. The second-order valence-electron chi connectivity index (χ2n) is 27.7. The third kappa shape index (κ3) is 14.7. The summed E-state index contributed by atoms with van der Waals surface area (Å²) >= 11 is 0. The van der Waals surface area contributed by atoms with Gasteiger partial charge in [-0.15, -0.1) is 0 Å². The maximum atomic E-state index is 14.3. The number of unbranched alkanes of at least 4 members (excludes halogenated alkanes) is 3. The molecule has 0 saturated carbocycles. The van der Waals surface area contributed by atoms with Gasteiger partial charge in [0.2, 0.25) is 0 Å². The summed E-state index contributed by atoms with van der Waals surface area (Å²) in [5, 5.41) is 27.9. The van der Waals surface area contributed by atoms with E-state index in [9.17, 15) is 4.79 Å². The first kappa shape index (κ1) is 53.2. The molecule has 6 rings (SSSR count). The highest BCUT2D eigenvalue weighted by molar-refractivity contribution is 5.77. The molecule has 0 aromatic carbocycles. The minimum Gasteiger partial charge on any atom is -0.322 e. The molecule has 13 heteroatoms. The summed E-state index contributed by atoms with van der Waals surface area (Å²) in [6, 6.07) is 1.87. The first-order valence-corrected chi connectivity index (χ1v) is 26.4. The molecule has 3 atom stereocenters. The Bertz CT molecular complexity index is 1530. The molecule has 2 amide bonds. The molecule has 6 saturated heterocycles. The molecule has 13 nitrogen and oxygen atoms in total. The Labute approximate surface area is 399 Å². The zero-order valence-corrected chi connectivity index (χ0v) is 45.4. The molecule has 7 N–H and O–H groups in total. The van der Waals surface area contributed by atoms with Crippen LogP contribution in [0.2, 0.25) is 0 Å². The topological polar surface area (TPSA) is 117 Å². The molecule has 0 aromatic rings. The first-order valence-electron chi connectivity index (χ1n) is 26.4. The van der Waals surface area contributed by atoms with Gasteiger partial charge in [-0.2, -0.15) is 0 Å². The summed E-state index contributed by atoms with van der Waals surface area (Å²) in [6.45, 7) is 45.4. The number of rotatable bonds is 16. The molecule has 0 aliphatic carbocycles. The van der Waals surface area contributed by atoms with E-state index in [1.54, 1.807) is 0 Å². The molecule has 0 aromatic heterocycles. The van der Waals surface area contributed by atoms with E-state index < -0.39 is 0 Å². The van der Waals surface area contributed by atoms with Crippen LogP contribution in [0.1, 0.15) is 195 Å². The van der Waals surface area contributed by atoms with Crippen molar-refractivity contribution in [2.75, 3.05) is 46.3 Å². The zero-order valence-electron chi connectivity index (χ0n) is 45.4. The van der Waals surface area contributed by atoms with E-state index in [1.807, 2.05) is 0 Å². The summed E-state index contributed by atoms with van der Waals surface area (Å²) in [5.41, 5.74) is 0.401. The van der Waals surface area contributed by atoms with Crippen LogP contribution in [-0.4, -0.2) is 164 Å². The van der Waals surface area contributed by atoms with Gasteiger partial charge in [0, 0.05) is 101 Å². The van der Waals surface area contributed by atoms with Gasteiger partial charge in [-0.25, -0.2) is 4.79 Å². The Morgan fingerprint density at radius 3 is 1.28 bits per heavy atom. The number of hydrogen-bond donors (Lipinski definition) is 7. The molecule has 6 fully saturated rings. The average molecular weight is 913 g/mol. The Morgan fingerprint density at radius 2 is 0.846 bits per heavy atom. The van der Waals surface area contributed by atoms with Gasteiger partial charge in [-0.05, 0) is 196 Å². The van der Waals surface area contributed by atoms with Crippen LogP contribution in [0, 0.1) is 0 Å². The molecular weight excluding hydrogens is 809 g/mol. The molecule has 3 unspecified atom stereocenters. The molecule has 65 heavy (non-hydrogen) atoms. The lowest BCUT2D eigenvalue weighted by atomic mass is 9.78. The van der Waals surface area contributed by atoms with E-state index >= 15 is 0 Å². The van der Waals surface area contributed by atoms with E-state index in [2.05, 4.69) is 186 Å². The Hall–Kier alpha value is -1.13. The van der Waals surface area contributed by atoms with Crippen LogP contribution < -0.4 is 37.2 Å². The number of nitrogens with zero attached hydrogens (tertiary/aromatic N) is 5. The van der Waals surface area contributed by atoms with E-state index in [0.717, 1.165) is 71.2 Å². The van der Waals surface area contributed by atoms with Gasteiger partial charge >= 0.3 is 6.03 Å². The van der Waals surface area contributed by atoms with E-state index in [-0.39, 0.29) is 75.1 Å². The predicted molar refractivity (Wildman–Crippen MR) is 272 cm³/mol. The zero-order chi connectivity index (χ0) is 48.2. The lowest BCUT2D eigenvalue weighted by molar-refractivity contribution is -0.0600. The lowest BCUT2D eigenvalue weighted by Crippen LogP contribution is -2.78. The van der Waals surface area contributed by atoms with E-state index in [1.165, 1.54) is 45.1 Å². The minimum absolute atomic E-state index is 0.00220. The maximum absolute atomic E-state index is 14.3. The second kappa shape index (κ2) is 19.6. The third-order valence-electron chi connectivity index (χ3n) is 15.9. The molecule has 378 valence electrons. The van der Waals surface area contributed by atoms with Crippen LogP contribution in [0.25, 0.3) is 0 Å². The summed E-state index contributed by atoms with van der Waals surface area (Å²) in [6.07, 6.45) is 13.7. The minimum atomic E-state index is -0.0449. The standard InChI is InChI=1S/C52H104N12O/c1-37-53-42(62(39-31-47(6,7)57-48(8,9)32-39)24-22-20-19-21-23-60(18)38-29-45(2,3)56-46(4,5)30-38)55-43(54-37)63(40-33-49(10,11)58-50(12,13)34-40)27-25-61-26-28-64(44(61)65)41-35-51(14,15)59-52(16,17)36-41/h37-43,53-59H,19-36H2,1-18H3. The van der Waals surface area contributed by atoms with Crippen molar-refractivity contribution in [1.29, 1.82) is 0 Å². The van der Waals surface area contributed by atoms with E-state index in [4.69, 9.17) is 0 Å². The highest BCUT2D eigenvalue weighted by atomic mass is 16.2. The van der Waals surface area contributed by atoms with Crippen molar-refractivity contribution >= 4 is 6.03 Å². The van der Waals surface area contributed by atoms with Crippen LogP contribution >= 0.6 is 0 Å². The van der Waals surface area contributed by atoms with Gasteiger partial charge in [0.25, 0.3) is 0 Å². The largest absolute Gasteiger partial charge is 0.322 e. The van der Waals surface area contributed by atoms with Gasteiger partial charge in [0.15, 0.2) is 0 Å². The number of urea groups is 1. The first-order chi connectivity index (χ1) is 29.7. The fraction of sp³-hybridized carbons (Fsp3) is 0.981. The van der Waals surface area contributed by atoms with Gasteiger partial charge in [-0.1, -0.05) is 12.8 Å². The molecule has 0 radical (unpaired) electrons. The average Bonchev–Trinajstić information content (AvgIpc) is 3.45. The van der Waals surface area contributed by atoms with Crippen molar-refractivity contribution in [2.45, 2.75) is 282 Å². The van der Waals surface area contributed by atoms with Crippen molar-refractivity contribution in [2.24, 2.45) is 0 Å². The quantitative estimate of drug-likeness (QED) is 0.0835. The summed E-state index contributed by atoms with van der Waals surface area (Å²) in [4.78, 5) is 26.9. The number of hydrogen-bond acceptors (Lipinski definition) is 11. The highest BCUT2D eigenvalue weighted by Crippen LogP contribution is 2.37. The predicted octanol–water partition coefficient (Wildman–Crippen LogP) is 6.75. The second-order valence-corrected chi connectivity index (χ2v) is 27.7. The number of carbonyl (C=O) groups is 1. The van der Waals surface area contributed by atoms with Crippen molar-refractivity contribution in [3.05, 3.63) is 0 Å². The SMILES string of the molecule is CC1NC(N(CCCCCCN(C)C2CC(C)(C)NC(C)(C)C2)C2CC(C)(C)NC(C)(C)C2)NC(N(CCN2CCN(C3CC(C)(C)NC(C)(C)C3)C2=O)C2CC(C)(C)NC(C)(C)C2)N1. The molecule has 6 heterocycles. The van der Waals surface area contributed by atoms with Crippen molar-refractivity contribution in [1.82, 2.24) is 61.7 Å². The molecular formula is C52H104N12O. The fourth-order valence-electron chi connectivity index (χ4n) is 14.8. The summed E-state index contributed by atoms with van der Waals surface area (Å²) in [7, 11) is 2.36. The molecule has 0 spiro atoms. The molecule has 6 aliphatic heterocycles. The van der Waals surface area contributed by atoms with Crippen LogP contribution in [0.15, 0.2) is 0 Å². The van der Waals surface area contributed by atoms with Crippen LogP contribution in [0.5, 0.6) is 0 Å². The smallest absolute Gasteiger partial charge is 0.320 e. The van der Waals surface area contributed by atoms with Crippen LogP contribution in [0.3, 0.4) is 0 Å². The monoisotopic (exact) mass is 913 g/mol. The van der Waals surface area contributed by atoms with Crippen LogP contribution in [0.4, 0.5) is 4.79 Å².